The van der Waals surface area contributed by atoms with Gasteiger partial charge < -0.3 is 15.5 Å². The Labute approximate surface area is 125 Å². The molecule has 0 aliphatic heterocycles. The van der Waals surface area contributed by atoms with Crippen LogP contribution in [0, 0.1) is 0 Å². The van der Waals surface area contributed by atoms with Crippen molar-refractivity contribution in [3.8, 4) is 0 Å². The van der Waals surface area contributed by atoms with Crippen molar-refractivity contribution in [2.24, 2.45) is 4.99 Å². The molecule has 0 bridgehead atoms. The van der Waals surface area contributed by atoms with Gasteiger partial charge in [-0.25, -0.2) is 4.99 Å². The lowest BCUT2D eigenvalue weighted by Gasteiger charge is -2.17. The summed E-state index contributed by atoms with van der Waals surface area (Å²) in [5.41, 5.74) is 0. The van der Waals surface area contributed by atoms with Crippen molar-refractivity contribution in [1.29, 1.82) is 0 Å². The zero-order valence-electron chi connectivity index (χ0n) is 12.6. The van der Waals surface area contributed by atoms with Gasteiger partial charge in [-0.3, -0.25) is 4.79 Å². The molecule has 0 aliphatic rings. The molecule has 6 heteroatoms. The monoisotopic (exact) mass is 296 g/mol. The normalized spacial score (nSPS) is 12.9. The van der Waals surface area contributed by atoms with E-state index < -0.39 is 0 Å². The SMILES string of the molecule is CCC(C)NC(=NCC(=O)N(C)C)NCc1cccs1. The summed E-state index contributed by atoms with van der Waals surface area (Å²) in [6, 6.07) is 4.42. The van der Waals surface area contributed by atoms with Crippen LogP contribution in [0.1, 0.15) is 25.1 Å². The summed E-state index contributed by atoms with van der Waals surface area (Å²) in [5.74, 6) is 0.675. The topological polar surface area (TPSA) is 56.7 Å². The third-order valence-electron chi connectivity index (χ3n) is 2.88. The zero-order chi connectivity index (χ0) is 15.0. The van der Waals surface area contributed by atoms with E-state index in [1.165, 1.54) is 4.88 Å². The number of nitrogens with one attached hydrogen (secondary N) is 2. The Morgan fingerprint density at radius 1 is 1.50 bits per heavy atom. The second-order valence-electron chi connectivity index (χ2n) is 4.84. The Hall–Kier alpha value is -1.56. The highest BCUT2D eigenvalue weighted by Gasteiger charge is 2.07. The average molecular weight is 296 g/mol. The molecule has 1 amide bonds. The molecule has 112 valence electrons. The van der Waals surface area contributed by atoms with Crippen molar-refractivity contribution in [3.05, 3.63) is 22.4 Å². The molecule has 0 fully saturated rings. The first-order valence-electron chi connectivity index (χ1n) is 6.80. The van der Waals surface area contributed by atoms with Crippen LogP contribution in [-0.2, 0) is 11.3 Å². The molecule has 0 aromatic carbocycles. The van der Waals surface area contributed by atoms with E-state index in [2.05, 4.69) is 35.5 Å². The summed E-state index contributed by atoms with van der Waals surface area (Å²) < 4.78 is 0. The van der Waals surface area contributed by atoms with E-state index >= 15 is 0 Å². The van der Waals surface area contributed by atoms with Gasteiger partial charge in [0.2, 0.25) is 5.91 Å². The van der Waals surface area contributed by atoms with Crippen LogP contribution in [0.4, 0.5) is 0 Å². The molecular formula is C14H24N4OS. The van der Waals surface area contributed by atoms with Crippen LogP contribution in [0.5, 0.6) is 0 Å². The maximum absolute atomic E-state index is 11.6. The molecule has 2 N–H and O–H groups in total. The first-order valence-corrected chi connectivity index (χ1v) is 7.68. The molecule has 1 rings (SSSR count). The molecule has 1 heterocycles. The van der Waals surface area contributed by atoms with Gasteiger partial charge in [0.15, 0.2) is 5.96 Å². The molecule has 1 atom stereocenters. The summed E-state index contributed by atoms with van der Waals surface area (Å²) in [6.07, 6.45) is 1.00. The fourth-order valence-electron chi connectivity index (χ4n) is 1.36. The molecule has 1 unspecified atom stereocenters. The van der Waals surface area contributed by atoms with Crippen molar-refractivity contribution in [2.45, 2.75) is 32.9 Å². The third-order valence-corrected chi connectivity index (χ3v) is 3.75. The second-order valence-corrected chi connectivity index (χ2v) is 5.87. The predicted octanol–water partition coefficient (Wildman–Crippen LogP) is 1.67. The minimum absolute atomic E-state index is 0.00799. The van der Waals surface area contributed by atoms with Gasteiger partial charge in [0.1, 0.15) is 6.54 Å². The van der Waals surface area contributed by atoms with Crippen molar-refractivity contribution in [2.75, 3.05) is 20.6 Å². The van der Waals surface area contributed by atoms with Crippen LogP contribution in [0.2, 0.25) is 0 Å². The lowest BCUT2D eigenvalue weighted by Crippen LogP contribution is -2.42. The van der Waals surface area contributed by atoms with E-state index in [9.17, 15) is 4.79 Å². The Kier molecular flexibility index (Phi) is 7.08. The minimum atomic E-state index is -0.00799. The molecule has 0 saturated carbocycles. The Bertz CT molecular complexity index is 428. The summed E-state index contributed by atoms with van der Waals surface area (Å²) in [7, 11) is 3.47. The Morgan fingerprint density at radius 2 is 2.25 bits per heavy atom. The van der Waals surface area contributed by atoms with E-state index in [-0.39, 0.29) is 12.5 Å². The zero-order valence-corrected chi connectivity index (χ0v) is 13.5. The predicted molar refractivity (Wildman–Crippen MR) is 85.0 cm³/mol. The van der Waals surface area contributed by atoms with Gasteiger partial charge in [-0.2, -0.15) is 0 Å². The summed E-state index contributed by atoms with van der Waals surface area (Å²) >= 11 is 1.70. The number of carbonyl (C=O) groups is 1. The van der Waals surface area contributed by atoms with E-state index in [0.717, 1.165) is 13.0 Å². The molecule has 5 nitrogen and oxygen atoms in total. The fourth-order valence-corrected chi connectivity index (χ4v) is 2.00. The van der Waals surface area contributed by atoms with E-state index in [4.69, 9.17) is 0 Å². The number of amides is 1. The maximum Gasteiger partial charge on any atom is 0.243 e. The quantitative estimate of drug-likeness (QED) is 0.620. The standard InChI is InChI=1S/C14H24N4OS/c1-5-11(2)17-14(16-10-13(19)18(3)4)15-9-12-7-6-8-20-12/h6-8,11H,5,9-10H2,1-4H3,(H2,15,16,17). The first kappa shape index (κ1) is 16.5. The fraction of sp³-hybridized carbons (Fsp3) is 0.571. The van der Waals surface area contributed by atoms with Crippen molar-refractivity contribution >= 4 is 23.2 Å². The Balaban J connectivity index is 2.59. The van der Waals surface area contributed by atoms with Crippen LogP contribution in [-0.4, -0.2) is 43.4 Å². The number of carbonyl (C=O) groups excluding carboxylic acids is 1. The number of rotatable bonds is 6. The van der Waals surface area contributed by atoms with Crippen LogP contribution >= 0.6 is 11.3 Å². The number of likely N-dealkylation sites (N-methyl/N-ethyl adjacent to an activating group) is 1. The largest absolute Gasteiger partial charge is 0.354 e. The molecule has 20 heavy (non-hydrogen) atoms. The van der Waals surface area contributed by atoms with Gasteiger partial charge in [0.25, 0.3) is 0 Å². The van der Waals surface area contributed by atoms with Crippen LogP contribution in [0.3, 0.4) is 0 Å². The van der Waals surface area contributed by atoms with Crippen LogP contribution in [0.15, 0.2) is 22.5 Å². The van der Waals surface area contributed by atoms with Gasteiger partial charge in [0, 0.05) is 25.0 Å². The highest BCUT2D eigenvalue weighted by molar-refractivity contribution is 7.09. The van der Waals surface area contributed by atoms with Gasteiger partial charge in [-0.05, 0) is 24.8 Å². The van der Waals surface area contributed by atoms with Crippen LogP contribution < -0.4 is 10.6 Å². The highest BCUT2D eigenvalue weighted by Crippen LogP contribution is 2.07. The lowest BCUT2D eigenvalue weighted by molar-refractivity contribution is -0.127. The van der Waals surface area contributed by atoms with Crippen molar-refractivity contribution < 1.29 is 4.79 Å². The molecule has 1 aromatic heterocycles. The van der Waals surface area contributed by atoms with Gasteiger partial charge >= 0.3 is 0 Å². The van der Waals surface area contributed by atoms with E-state index in [0.29, 0.717) is 12.0 Å². The van der Waals surface area contributed by atoms with E-state index in [1.54, 1.807) is 30.3 Å². The van der Waals surface area contributed by atoms with E-state index in [1.807, 2.05) is 11.4 Å². The summed E-state index contributed by atoms with van der Waals surface area (Å²) in [5, 5.41) is 8.60. The molecular weight excluding hydrogens is 272 g/mol. The smallest absolute Gasteiger partial charge is 0.243 e. The Morgan fingerprint density at radius 3 is 2.80 bits per heavy atom. The highest BCUT2D eigenvalue weighted by atomic mass is 32.1. The third kappa shape index (κ3) is 6.06. The summed E-state index contributed by atoms with van der Waals surface area (Å²) in [4.78, 5) is 18.7. The average Bonchev–Trinajstić information content (AvgIpc) is 2.94. The number of thiophene rings is 1. The van der Waals surface area contributed by atoms with Crippen molar-refractivity contribution in [3.63, 3.8) is 0 Å². The molecule has 0 spiro atoms. The van der Waals surface area contributed by atoms with Crippen molar-refractivity contribution in [1.82, 2.24) is 15.5 Å². The minimum Gasteiger partial charge on any atom is -0.354 e. The molecule has 0 radical (unpaired) electrons. The number of nitrogens with zero attached hydrogens (tertiary/aromatic N) is 2. The number of hydrogen-bond acceptors (Lipinski definition) is 3. The van der Waals surface area contributed by atoms with Crippen LogP contribution in [0.25, 0.3) is 0 Å². The second kappa shape index (κ2) is 8.58. The first-order chi connectivity index (χ1) is 9.52. The molecule has 1 aromatic rings. The number of aliphatic imine (C=N–C) groups is 1. The van der Waals surface area contributed by atoms with Gasteiger partial charge in [0.05, 0.1) is 6.54 Å². The van der Waals surface area contributed by atoms with Gasteiger partial charge in [-0.15, -0.1) is 11.3 Å². The molecule has 0 saturated heterocycles. The number of guanidine groups is 1. The number of hydrogen-bond donors (Lipinski definition) is 2. The lowest BCUT2D eigenvalue weighted by atomic mass is 10.3. The van der Waals surface area contributed by atoms with Gasteiger partial charge in [-0.1, -0.05) is 13.0 Å². The summed E-state index contributed by atoms with van der Waals surface area (Å²) in [6.45, 7) is 5.08. The maximum atomic E-state index is 11.6. The molecule has 0 aliphatic carbocycles.